The molecule has 0 aromatic heterocycles. The number of carbonyl (C=O) groups is 1. The standard InChI is InChI=1S/C12H14BrClFNO2/c13-9-2-3-10(11(15)8-9)12(17)16-5-1-6-18-7-4-14/h2-3,8H,1,4-7H2,(H,16,17). The molecule has 0 saturated heterocycles. The van der Waals surface area contributed by atoms with Gasteiger partial charge in [0.2, 0.25) is 0 Å². The van der Waals surface area contributed by atoms with E-state index < -0.39 is 11.7 Å². The van der Waals surface area contributed by atoms with E-state index in [2.05, 4.69) is 21.2 Å². The van der Waals surface area contributed by atoms with Crippen LogP contribution in [-0.4, -0.2) is 31.5 Å². The Bertz CT molecular complexity index is 404. The fourth-order valence-electron chi connectivity index (χ4n) is 1.30. The van der Waals surface area contributed by atoms with Crippen LogP contribution in [0.4, 0.5) is 4.39 Å². The van der Waals surface area contributed by atoms with Gasteiger partial charge in [-0.25, -0.2) is 4.39 Å². The molecular weight excluding hydrogens is 324 g/mol. The predicted octanol–water partition coefficient (Wildman–Crippen LogP) is 2.96. The number of nitrogens with one attached hydrogen (secondary N) is 1. The Hall–Kier alpha value is -0.650. The van der Waals surface area contributed by atoms with Crippen molar-refractivity contribution in [2.24, 2.45) is 0 Å². The molecule has 0 unspecified atom stereocenters. The summed E-state index contributed by atoms with van der Waals surface area (Å²) in [6, 6.07) is 4.33. The van der Waals surface area contributed by atoms with Gasteiger partial charge < -0.3 is 10.1 Å². The molecule has 0 aliphatic heterocycles. The smallest absolute Gasteiger partial charge is 0.254 e. The van der Waals surface area contributed by atoms with Gasteiger partial charge >= 0.3 is 0 Å². The molecule has 3 nitrogen and oxygen atoms in total. The lowest BCUT2D eigenvalue weighted by Crippen LogP contribution is -2.26. The van der Waals surface area contributed by atoms with Gasteiger partial charge in [0.1, 0.15) is 5.82 Å². The van der Waals surface area contributed by atoms with Crippen molar-refractivity contribution in [1.29, 1.82) is 0 Å². The largest absolute Gasteiger partial charge is 0.380 e. The maximum absolute atomic E-state index is 13.4. The molecule has 0 atom stereocenters. The molecule has 6 heteroatoms. The number of amides is 1. The first-order chi connectivity index (χ1) is 8.65. The summed E-state index contributed by atoms with van der Waals surface area (Å²) in [5.74, 6) is -0.506. The van der Waals surface area contributed by atoms with Crippen LogP contribution >= 0.6 is 27.5 Å². The third-order valence-corrected chi connectivity index (χ3v) is 2.80. The second kappa shape index (κ2) is 8.45. The molecule has 0 aliphatic carbocycles. The molecule has 0 heterocycles. The number of ether oxygens (including phenoxy) is 1. The van der Waals surface area contributed by atoms with Gasteiger partial charge in [-0.05, 0) is 24.6 Å². The average molecular weight is 339 g/mol. The van der Waals surface area contributed by atoms with Gasteiger partial charge in [0.15, 0.2) is 0 Å². The number of rotatable bonds is 7. The Morgan fingerprint density at radius 2 is 2.22 bits per heavy atom. The van der Waals surface area contributed by atoms with Crippen LogP contribution < -0.4 is 5.32 Å². The molecule has 1 aromatic carbocycles. The normalized spacial score (nSPS) is 10.4. The summed E-state index contributed by atoms with van der Waals surface area (Å²) in [5.41, 5.74) is 0.0416. The van der Waals surface area contributed by atoms with Crippen LogP contribution in [0.5, 0.6) is 0 Å². The molecule has 18 heavy (non-hydrogen) atoms. The van der Waals surface area contributed by atoms with Crippen LogP contribution in [0.1, 0.15) is 16.8 Å². The molecule has 0 saturated carbocycles. The third kappa shape index (κ3) is 5.33. The minimum absolute atomic E-state index is 0.0416. The minimum atomic E-state index is -0.541. The Morgan fingerprint density at radius 3 is 2.89 bits per heavy atom. The topological polar surface area (TPSA) is 38.3 Å². The first-order valence-corrected chi connectivity index (χ1v) is 6.85. The number of carbonyl (C=O) groups excluding carboxylic acids is 1. The van der Waals surface area contributed by atoms with Gasteiger partial charge in [0.05, 0.1) is 12.2 Å². The first-order valence-electron chi connectivity index (χ1n) is 5.52. The lowest BCUT2D eigenvalue weighted by atomic mass is 10.2. The number of alkyl halides is 1. The van der Waals surface area contributed by atoms with E-state index in [9.17, 15) is 9.18 Å². The summed E-state index contributed by atoms with van der Waals surface area (Å²) in [6.45, 7) is 1.46. The highest BCUT2D eigenvalue weighted by molar-refractivity contribution is 9.10. The van der Waals surface area contributed by atoms with Crippen molar-refractivity contribution in [2.75, 3.05) is 25.6 Å². The zero-order valence-corrected chi connectivity index (χ0v) is 12.1. The second-order valence-electron chi connectivity index (χ2n) is 3.53. The molecular formula is C12H14BrClFNO2. The number of halogens is 3. The van der Waals surface area contributed by atoms with Gasteiger partial charge in [0, 0.05) is 23.5 Å². The van der Waals surface area contributed by atoms with Crippen LogP contribution in [-0.2, 0) is 4.74 Å². The van der Waals surface area contributed by atoms with E-state index in [0.29, 0.717) is 36.5 Å². The molecule has 0 aliphatic rings. The molecule has 100 valence electrons. The SMILES string of the molecule is O=C(NCCCOCCCl)c1ccc(Br)cc1F. The van der Waals surface area contributed by atoms with Crippen molar-refractivity contribution in [2.45, 2.75) is 6.42 Å². The van der Waals surface area contributed by atoms with Crippen LogP contribution in [0, 0.1) is 5.82 Å². The predicted molar refractivity (Wildman–Crippen MR) is 72.6 cm³/mol. The van der Waals surface area contributed by atoms with Crippen LogP contribution in [0.2, 0.25) is 0 Å². The first kappa shape index (κ1) is 15.4. The Morgan fingerprint density at radius 1 is 1.44 bits per heavy atom. The lowest BCUT2D eigenvalue weighted by molar-refractivity contribution is 0.0940. The van der Waals surface area contributed by atoms with E-state index in [1.807, 2.05) is 0 Å². The van der Waals surface area contributed by atoms with Gasteiger partial charge in [-0.3, -0.25) is 4.79 Å². The van der Waals surface area contributed by atoms with Crippen LogP contribution in [0.25, 0.3) is 0 Å². The maximum atomic E-state index is 13.4. The van der Waals surface area contributed by atoms with Gasteiger partial charge in [0.25, 0.3) is 5.91 Å². The fourth-order valence-corrected chi connectivity index (χ4v) is 1.74. The monoisotopic (exact) mass is 337 g/mol. The summed E-state index contributed by atoms with van der Waals surface area (Å²) in [7, 11) is 0. The van der Waals surface area contributed by atoms with Gasteiger partial charge in [-0.15, -0.1) is 11.6 Å². The average Bonchev–Trinajstić information content (AvgIpc) is 2.33. The van der Waals surface area contributed by atoms with Crippen LogP contribution in [0.3, 0.4) is 0 Å². The maximum Gasteiger partial charge on any atom is 0.254 e. The Balaban J connectivity index is 2.32. The summed E-state index contributed by atoms with van der Waals surface area (Å²) < 4.78 is 19.2. The molecule has 1 rings (SSSR count). The molecule has 0 spiro atoms. The second-order valence-corrected chi connectivity index (χ2v) is 4.83. The third-order valence-electron chi connectivity index (χ3n) is 2.15. The number of hydrogen-bond donors (Lipinski definition) is 1. The highest BCUT2D eigenvalue weighted by Gasteiger charge is 2.10. The number of benzene rings is 1. The van der Waals surface area contributed by atoms with E-state index in [0.717, 1.165) is 0 Å². The number of hydrogen-bond acceptors (Lipinski definition) is 2. The van der Waals surface area contributed by atoms with E-state index in [-0.39, 0.29) is 5.56 Å². The van der Waals surface area contributed by atoms with E-state index in [4.69, 9.17) is 16.3 Å². The molecule has 0 fully saturated rings. The summed E-state index contributed by atoms with van der Waals surface area (Å²) >= 11 is 8.57. The molecule has 1 aromatic rings. The van der Waals surface area contributed by atoms with E-state index >= 15 is 0 Å². The Kier molecular flexibility index (Phi) is 7.23. The molecule has 0 bridgehead atoms. The summed E-state index contributed by atoms with van der Waals surface area (Å²) in [6.07, 6.45) is 0.667. The van der Waals surface area contributed by atoms with E-state index in [1.54, 1.807) is 6.07 Å². The zero-order valence-electron chi connectivity index (χ0n) is 9.72. The molecule has 1 amide bonds. The Labute approximate surface area is 119 Å². The quantitative estimate of drug-likeness (QED) is 0.613. The molecule has 0 radical (unpaired) electrons. The van der Waals surface area contributed by atoms with Crippen molar-refractivity contribution in [3.63, 3.8) is 0 Å². The minimum Gasteiger partial charge on any atom is -0.380 e. The van der Waals surface area contributed by atoms with Gasteiger partial charge in [-0.1, -0.05) is 15.9 Å². The highest BCUT2D eigenvalue weighted by atomic mass is 79.9. The van der Waals surface area contributed by atoms with Crippen molar-refractivity contribution >= 4 is 33.4 Å². The van der Waals surface area contributed by atoms with Crippen molar-refractivity contribution in [3.8, 4) is 0 Å². The molecule has 1 N–H and O–H groups in total. The fraction of sp³-hybridized carbons (Fsp3) is 0.417. The lowest BCUT2D eigenvalue weighted by Gasteiger charge is -2.06. The summed E-state index contributed by atoms with van der Waals surface area (Å²) in [4.78, 5) is 11.6. The van der Waals surface area contributed by atoms with Crippen molar-refractivity contribution in [1.82, 2.24) is 5.32 Å². The summed E-state index contributed by atoms with van der Waals surface area (Å²) in [5, 5.41) is 2.63. The van der Waals surface area contributed by atoms with E-state index in [1.165, 1.54) is 12.1 Å². The highest BCUT2D eigenvalue weighted by Crippen LogP contribution is 2.15. The van der Waals surface area contributed by atoms with Crippen molar-refractivity contribution < 1.29 is 13.9 Å². The van der Waals surface area contributed by atoms with Gasteiger partial charge in [-0.2, -0.15) is 0 Å². The van der Waals surface area contributed by atoms with Crippen molar-refractivity contribution in [3.05, 3.63) is 34.1 Å². The van der Waals surface area contributed by atoms with Crippen LogP contribution in [0.15, 0.2) is 22.7 Å². The zero-order chi connectivity index (χ0) is 13.4.